The molecule has 0 aliphatic carbocycles. The molecule has 1 fully saturated rings. The molecule has 5 nitrogen and oxygen atoms in total. The van der Waals surface area contributed by atoms with Crippen LogP contribution < -0.4 is 5.14 Å². The van der Waals surface area contributed by atoms with E-state index >= 15 is 0 Å². The summed E-state index contributed by atoms with van der Waals surface area (Å²) in [5.74, 6) is 0.489. The highest BCUT2D eigenvalue weighted by molar-refractivity contribution is 9.10. The Morgan fingerprint density at radius 3 is 2.43 bits per heavy atom. The van der Waals surface area contributed by atoms with E-state index in [-0.39, 0.29) is 10.8 Å². The van der Waals surface area contributed by atoms with E-state index in [1.54, 1.807) is 11.8 Å². The summed E-state index contributed by atoms with van der Waals surface area (Å²) >= 11 is 3.30. The molecule has 2 N–H and O–H groups in total. The maximum atomic E-state index is 12.6. The Morgan fingerprint density at radius 1 is 1.33 bits per heavy atom. The van der Waals surface area contributed by atoms with Crippen molar-refractivity contribution in [3.63, 3.8) is 0 Å². The number of carbonyl (C=O) groups is 1. The van der Waals surface area contributed by atoms with Gasteiger partial charge < -0.3 is 4.90 Å². The van der Waals surface area contributed by atoms with Gasteiger partial charge in [-0.25, -0.2) is 13.6 Å². The van der Waals surface area contributed by atoms with Gasteiger partial charge in [0.05, 0.1) is 4.90 Å². The summed E-state index contributed by atoms with van der Waals surface area (Å²) in [7, 11) is -3.84. The standard InChI is InChI=1S/C14H19BrN2O3S/c1-9-3-5-17(6-4-9)14(18)12-7-11(21(16,19)20)8-13(15)10(12)2/h7-9H,3-6H2,1-2H3,(H2,16,19,20). The van der Waals surface area contributed by atoms with Crippen molar-refractivity contribution in [2.75, 3.05) is 13.1 Å². The zero-order valence-electron chi connectivity index (χ0n) is 12.1. The second-order valence-electron chi connectivity index (χ2n) is 5.60. The van der Waals surface area contributed by atoms with Crippen LogP contribution in [0.1, 0.15) is 35.7 Å². The van der Waals surface area contributed by atoms with Crippen LogP contribution in [0.4, 0.5) is 0 Å². The van der Waals surface area contributed by atoms with Crippen LogP contribution in [0, 0.1) is 12.8 Å². The molecule has 1 aliphatic rings. The van der Waals surface area contributed by atoms with Crippen LogP contribution >= 0.6 is 15.9 Å². The molecule has 2 rings (SSSR count). The van der Waals surface area contributed by atoms with Gasteiger partial charge in [0.1, 0.15) is 0 Å². The van der Waals surface area contributed by atoms with Crippen LogP contribution in [-0.2, 0) is 10.0 Å². The Balaban J connectivity index is 2.39. The molecule has 7 heteroatoms. The topological polar surface area (TPSA) is 80.5 Å². The number of hydrogen-bond acceptors (Lipinski definition) is 3. The number of rotatable bonds is 2. The van der Waals surface area contributed by atoms with Gasteiger partial charge in [0.2, 0.25) is 10.0 Å². The van der Waals surface area contributed by atoms with Crippen LogP contribution in [0.2, 0.25) is 0 Å². The number of hydrogen-bond donors (Lipinski definition) is 1. The minimum atomic E-state index is -3.84. The van der Waals surface area contributed by atoms with Gasteiger partial charge in [-0.05, 0) is 43.4 Å². The number of nitrogens with two attached hydrogens (primary N) is 1. The Morgan fingerprint density at radius 2 is 1.90 bits per heavy atom. The van der Waals surface area contributed by atoms with E-state index in [4.69, 9.17) is 5.14 Å². The summed E-state index contributed by atoms with van der Waals surface area (Å²) in [6, 6.07) is 2.80. The van der Waals surface area contributed by atoms with E-state index in [2.05, 4.69) is 22.9 Å². The average molecular weight is 375 g/mol. The van der Waals surface area contributed by atoms with Gasteiger partial charge in [-0.1, -0.05) is 22.9 Å². The first-order valence-corrected chi connectivity index (χ1v) is 9.16. The molecule has 21 heavy (non-hydrogen) atoms. The van der Waals surface area contributed by atoms with Crippen molar-refractivity contribution in [3.8, 4) is 0 Å². The molecule has 1 aromatic carbocycles. The number of nitrogens with zero attached hydrogens (tertiary/aromatic N) is 1. The lowest BCUT2D eigenvalue weighted by Gasteiger charge is -2.31. The largest absolute Gasteiger partial charge is 0.339 e. The summed E-state index contributed by atoms with van der Waals surface area (Å²) < 4.78 is 23.6. The minimum Gasteiger partial charge on any atom is -0.339 e. The molecule has 1 heterocycles. The number of piperidine rings is 1. The van der Waals surface area contributed by atoms with E-state index in [1.807, 2.05) is 0 Å². The summed E-state index contributed by atoms with van der Waals surface area (Å²) in [6.45, 7) is 5.37. The van der Waals surface area contributed by atoms with Gasteiger partial charge in [-0.15, -0.1) is 0 Å². The predicted molar refractivity (Wildman–Crippen MR) is 84.6 cm³/mol. The summed E-state index contributed by atoms with van der Waals surface area (Å²) in [6.07, 6.45) is 1.95. The fraction of sp³-hybridized carbons (Fsp3) is 0.500. The van der Waals surface area contributed by atoms with Crippen molar-refractivity contribution in [3.05, 3.63) is 27.7 Å². The second-order valence-corrected chi connectivity index (χ2v) is 8.01. The number of primary sulfonamides is 1. The van der Waals surface area contributed by atoms with Crippen molar-refractivity contribution in [1.82, 2.24) is 4.90 Å². The third kappa shape index (κ3) is 3.64. The van der Waals surface area contributed by atoms with Crippen LogP contribution in [0.15, 0.2) is 21.5 Å². The van der Waals surface area contributed by atoms with Crippen LogP contribution in [0.5, 0.6) is 0 Å². The van der Waals surface area contributed by atoms with E-state index in [0.717, 1.165) is 18.4 Å². The van der Waals surface area contributed by atoms with E-state index in [1.165, 1.54) is 12.1 Å². The molecule has 0 aromatic heterocycles. The highest BCUT2D eigenvalue weighted by Gasteiger charge is 2.24. The third-order valence-corrected chi connectivity index (χ3v) is 5.66. The first-order chi connectivity index (χ1) is 9.70. The number of halogens is 1. The molecule has 1 aromatic rings. The molecule has 1 saturated heterocycles. The minimum absolute atomic E-state index is 0.0475. The molecule has 1 aliphatic heterocycles. The number of likely N-dealkylation sites (tertiary alicyclic amines) is 1. The number of carbonyl (C=O) groups excluding carboxylic acids is 1. The van der Waals surface area contributed by atoms with Crippen molar-refractivity contribution in [1.29, 1.82) is 0 Å². The lowest BCUT2D eigenvalue weighted by atomic mass is 9.98. The lowest BCUT2D eigenvalue weighted by Crippen LogP contribution is -2.38. The Kier molecular flexibility index (Phi) is 4.75. The van der Waals surface area contributed by atoms with Gasteiger partial charge in [-0.2, -0.15) is 0 Å². The summed E-state index contributed by atoms with van der Waals surface area (Å²) in [4.78, 5) is 14.4. The van der Waals surface area contributed by atoms with Crippen molar-refractivity contribution in [2.45, 2.75) is 31.6 Å². The maximum absolute atomic E-state index is 12.6. The first kappa shape index (κ1) is 16.5. The van der Waals surface area contributed by atoms with E-state index in [9.17, 15) is 13.2 Å². The number of amides is 1. The lowest BCUT2D eigenvalue weighted by molar-refractivity contribution is 0.0696. The molecule has 1 amide bonds. The van der Waals surface area contributed by atoms with E-state index < -0.39 is 10.0 Å². The van der Waals surface area contributed by atoms with Gasteiger partial charge >= 0.3 is 0 Å². The molecule has 116 valence electrons. The van der Waals surface area contributed by atoms with Gasteiger partial charge in [0.15, 0.2) is 0 Å². The third-order valence-electron chi connectivity index (χ3n) is 3.95. The van der Waals surface area contributed by atoms with Gasteiger partial charge in [-0.3, -0.25) is 4.79 Å². The Labute approximate surface area is 133 Å². The summed E-state index contributed by atoms with van der Waals surface area (Å²) in [5.41, 5.74) is 1.12. The first-order valence-electron chi connectivity index (χ1n) is 6.82. The van der Waals surface area contributed by atoms with Crippen molar-refractivity contribution < 1.29 is 13.2 Å². The van der Waals surface area contributed by atoms with Crippen molar-refractivity contribution in [2.24, 2.45) is 11.1 Å². The fourth-order valence-electron chi connectivity index (χ4n) is 2.42. The molecule has 0 bridgehead atoms. The Bertz CT molecular complexity index is 665. The molecule has 0 unspecified atom stereocenters. The van der Waals surface area contributed by atoms with Crippen molar-refractivity contribution >= 4 is 31.9 Å². The zero-order valence-corrected chi connectivity index (χ0v) is 14.5. The highest BCUT2D eigenvalue weighted by Crippen LogP contribution is 2.27. The molecule has 0 spiro atoms. The normalized spacial score (nSPS) is 17.0. The Hall–Kier alpha value is -0.920. The molecule has 0 radical (unpaired) electrons. The predicted octanol–water partition coefficient (Wildman–Crippen LogP) is 2.28. The average Bonchev–Trinajstić information content (AvgIpc) is 2.40. The van der Waals surface area contributed by atoms with Crippen LogP contribution in [0.25, 0.3) is 0 Å². The van der Waals surface area contributed by atoms with Crippen LogP contribution in [0.3, 0.4) is 0 Å². The molecular formula is C14H19BrN2O3S. The van der Waals surface area contributed by atoms with Gasteiger partial charge in [0, 0.05) is 23.1 Å². The second kappa shape index (κ2) is 6.06. The number of benzene rings is 1. The molecule has 0 atom stereocenters. The summed E-state index contributed by atoms with van der Waals surface area (Å²) in [5, 5.41) is 5.17. The SMILES string of the molecule is Cc1c(Br)cc(S(N)(=O)=O)cc1C(=O)N1CCC(C)CC1. The molecule has 0 saturated carbocycles. The number of sulfonamides is 1. The van der Waals surface area contributed by atoms with E-state index in [0.29, 0.717) is 29.0 Å². The smallest absolute Gasteiger partial charge is 0.254 e. The monoisotopic (exact) mass is 374 g/mol. The quantitative estimate of drug-likeness (QED) is 0.861. The van der Waals surface area contributed by atoms with Crippen LogP contribution in [-0.4, -0.2) is 32.3 Å². The highest BCUT2D eigenvalue weighted by atomic mass is 79.9. The molecular weight excluding hydrogens is 356 g/mol. The fourth-order valence-corrected chi connectivity index (χ4v) is 3.60. The zero-order chi connectivity index (χ0) is 15.8. The maximum Gasteiger partial charge on any atom is 0.254 e. The van der Waals surface area contributed by atoms with Gasteiger partial charge in [0.25, 0.3) is 5.91 Å².